The molecule has 7 heteroatoms. The summed E-state index contributed by atoms with van der Waals surface area (Å²) in [6.45, 7) is 8.48. The van der Waals surface area contributed by atoms with Crippen LogP contribution in [0.2, 0.25) is 0 Å². The van der Waals surface area contributed by atoms with E-state index in [4.69, 9.17) is 4.74 Å². The second kappa shape index (κ2) is 9.70. The Bertz CT molecular complexity index is 1450. The van der Waals surface area contributed by atoms with Gasteiger partial charge in [0.15, 0.2) is 0 Å². The predicted molar refractivity (Wildman–Crippen MR) is 141 cm³/mol. The summed E-state index contributed by atoms with van der Waals surface area (Å²) in [6.07, 6.45) is 1.49. The van der Waals surface area contributed by atoms with Crippen LogP contribution in [0.25, 0.3) is 0 Å². The third kappa shape index (κ3) is 4.73. The minimum Gasteiger partial charge on any atom is -0.489 e. The molecule has 1 atom stereocenters. The molecule has 36 heavy (non-hydrogen) atoms. The molecule has 0 spiro atoms. The van der Waals surface area contributed by atoms with Gasteiger partial charge in [-0.3, -0.25) is 4.79 Å². The van der Waals surface area contributed by atoms with Crippen molar-refractivity contribution in [2.24, 2.45) is 0 Å². The summed E-state index contributed by atoms with van der Waals surface area (Å²) in [5, 5.41) is 10.7. The first-order valence-electron chi connectivity index (χ1n) is 11.9. The van der Waals surface area contributed by atoms with Gasteiger partial charge in [-0.1, -0.05) is 59.7 Å². The summed E-state index contributed by atoms with van der Waals surface area (Å²) >= 11 is 0. The first kappa shape index (κ1) is 23.4. The van der Waals surface area contributed by atoms with Crippen LogP contribution < -0.4 is 15.4 Å². The van der Waals surface area contributed by atoms with Crippen LogP contribution in [0.4, 0.5) is 11.6 Å². The second-order valence-electron chi connectivity index (χ2n) is 9.21. The Morgan fingerprint density at radius 2 is 1.78 bits per heavy atom. The van der Waals surface area contributed by atoms with Crippen LogP contribution in [0.5, 0.6) is 5.75 Å². The highest BCUT2D eigenvalue weighted by Gasteiger charge is 2.33. The fraction of sp³-hybridized carbons (Fsp3) is 0.207. The number of hydrogen-bond acceptors (Lipinski definition) is 5. The van der Waals surface area contributed by atoms with E-state index in [-0.39, 0.29) is 5.91 Å². The number of amides is 1. The molecule has 0 unspecified atom stereocenters. The Hall–Kier alpha value is -4.39. The maximum absolute atomic E-state index is 13.6. The summed E-state index contributed by atoms with van der Waals surface area (Å²) in [5.74, 6) is 1.17. The van der Waals surface area contributed by atoms with Crippen molar-refractivity contribution in [2.45, 2.75) is 40.3 Å². The third-order valence-corrected chi connectivity index (χ3v) is 6.35. The summed E-state index contributed by atoms with van der Waals surface area (Å²) in [4.78, 5) is 17.9. The average molecular weight is 480 g/mol. The van der Waals surface area contributed by atoms with Crippen molar-refractivity contribution >= 4 is 17.5 Å². The molecule has 3 aromatic carbocycles. The van der Waals surface area contributed by atoms with Crippen LogP contribution in [0.15, 0.2) is 84.3 Å². The van der Waals surface area contributed by atoms with E-state index in [1.807, 2.05) is 63.2 Å². The average Bonchev–Trinajstić information content (AvgIpc) is 3.32. The molecule has 5 rings (SSSR count). The van der Waals surface area contributed by atoms with Crippen molar-refractivity contribution in [1.82, 2.24) is 14.8 Å². The zero-order valence-electron chi connectivity index (χ0n) is 20.9. The van der Waals surface area contributed by atoms with Gasteiger partial charge in [0.2, 0.25) is 5.95 Å². The molecule has 1 amide bonds. The number of fused-ring (bicyclic) bond motifs is 1. The van der Waals surface area contributed by atoms with E-state index in [0.717, 1.165) is 39.4 Å². The van der Waals surface area contributed by atoms with Gasteiger partial charge in [0.25, 0.3) is 5.91 Å². The molecular weight excluding hydrogens is 450 g/mol. The molecular formula is C29H29N5O2. The predicted octanol–water partition coefficient (Wildman–Crippen LogP) is 5.71. The van der Waals surface area contributed by atoms with E-state index in [1.165, 1.54) is 11.9 Å². The maximum atomic E-state index is 13.6. The largest absolute Gasteiger partial charge is 0.489 e. The number of aromatic nitrogens is 3. The molecule has 0 bridgehead atoms. The lowest BCUT2D eigenvalue weighted by Gasteiger charge is -2.29. The van der Waals surface area contributed by atoms with Gasteiger partial charge in [0, 0.05) is 11.4 Å². The van der Waals surface area contributed by atoms with Crippen molar-refractivity contribution in [3.8, 4) is 5.75 Å². The van der Waals surface area contributed by atoms with E-state index in [2.05, 4.69) is 51.9 Å². The molecule has 0 saturated heterocycles. The Kier molecular flexibility index (Phi) is 6.29. The summed E-state index contributed by atoms with van der Waals surface area (Å²) in [5.41, 5.74) is 7.51. The first-order chi connectivity index (χ1) is 17.4. The van der Waals surface area contributed by atoms with E-state index in [0.29, 0.717) is 18.1 Å². The van der Waals surface area contributed by atoms with Crippen molar-refractivity contribution in [1.29, 1.82) is 0 Å². The molecule has 0 saturated carbocycles. The van der Waals surface area contributed by atoms with Gasteiger partial charge in [-0.2, -0.15) is 10.1 Å². The first-order valence-corrected chi connectivity index (χ1v) is 11.9. The summed E-state index contributed by atoms with van der Waals surface area (Å²) in [6, 6.07) is 21.6. The topological polar surface area (TPSA) is 81.1 Å². The molecule has 0 fully saturated rings. The number of nitrogens with one attached hydrogen (secondary N) is 2. The SMILES string of the molecule is CC1=C(C(=O)Nc2ccc(C)cc2C)[C@@H](c2ccc(OCc3cccc(C)c3)cc2)n2ncnc2N1. The maximum Gasteiger partial charge on any atom is 0.255 e. The lowest BCUT2D eigenvalue weighted by atomic mass is 9.94. The minimum absolute atomic E-state index is 0.183. The number of nitrogens with zero attached hydrogens (tertiary/aromatic N) is 3. The van der Waals surface area contributed by atoms with Crippen LogP contribution in [-0.4, -0.2) is 20.7 Å². The van der Waals surface area contributed by atoms with Crippen molar-refractivity contribution < 1.29 is 9.53 Å². The van der Waals surface area contributed by atoms with Crippen LogP contribution >= 0.6 is 0 Å². The lowest BCUT2D eigenvalue weighted by Crippen LogP contribution is -2.31. The second-order valence-corrected chi connectivity index (χ2v) is 9.21. The molecule has 2 N–H and O–H groups in total. The number of ether oxygens (including phenoxy) is 1. The van der Waals surface area contributed by atoms with Crippen LogP contribution in [0, 0.1) is 20.8 Å². The van der Waals surface area contributed by atoms with Crippen molar-refractivity contribution in [3.63, 3.8) is 0 Å². The van der Waals surface area contributed by atoms with Gasteiger partial charge in [-0.05, 0) is 62.6 Å². The number of carbonyl (C=O) groups is 1. The van der Waals surface area contributed by atoms with Crippen LogP contribution in [0.1, 0.15) is 40.8 Å². The number of anilines is 2. The van der Waals surface area contributed by atoms with Crippen molar-refractivity contribution in [3.05, 3.63) is 112 Å². The standard InChI is InChI=1S/C29H29N5O2/c1-18-6-5-7-22(15-18)16-36-24-11-9-23(10-12-24)27-26(21(4)32-29-30-17-31-34(27)29)28(35)33-25-13-8-19(2)14-20(25)3/h5-15,17,27H,16H2,1-4H3,(H,33,35)(H,30,31,32)/t27-/m1/s1. The number of aryl methyl sites for hydroxylation is 3. The normalized spacial score (nSPS) is 14.7. The highest BCUT2D eigenvalue weighted by molar-refractivity contribution is 6.06. The lowest BCUT2D eigenvalue weighted by molar-refractivity contribution is -0.113. The number of rotatable bonds is 6. The van der Waals surface area contributed by atoms with E-state index < -0.39 is 6.04 Å². The Morgan fingerprint density at radius 3 is 2.53 bits per heavy atom. The fourth-order valence-electron chi connectivity index (χ4n) is 4.55. The highest BCUT2D eigenvalue weighted by atomic mass is 16.5. The van der Waals surface area contributed by atoms with Crippen LogP contribution in [0.3, 0.4) is 0 Å². The van der Waals surface area contributed by atoms with Crippen LogP contribution in [-0.2, 0) is 11.4 Å². The molecule has 1 aliphatic heterocycles. The third-order valence-electron chi connectivity index (χ3n) is 6.35. The van der Waals surface area contributed by atoms with Crippen molar-refractivity contribution in [2.75, 3.05) is 10.6 Å². The van der Waals surface area contributed by atoms with Gasteiger partial charge in [-0.25, -0.2) is 4.68 Å². The number of carbonyl (C=O) groups excluding carboxylic acids is 1. The fourth-order valence-corrected chi connectivity index (χ4v) is 4.55. The number of benzene rings is 3. The smallest absolute Gasteiger partial charge is 0.255 e. The zero-order chi connectivity index (χ0) is 25.2. The Morgan fingerprint density at radius 1 is 1.00 bits per heavy atom. The molecule has 1 aliphatic rings. The molecule has 0 aliphatic carbocycles. The summed E-state index contributed by atoms with van der Waals surface area (Å²) < 4.78 is 7.75. The molecule has 1 aromatic heterocycles. The van der Waals surface area contributed by atoms with Gasteiger partial charge >= 0.3 is 0 Å². The Labute approximate surface area is 210 Å². The quantitative estimate of drug-likeness (QED) is 0.370. The number of hydrogen-bond donors (Lipinski definition) is 2. The molecule has 4 aromatic rings. The van der Waals surface area contributed by atoms with Gasteiger partial charge in [0.05, 0.1) is 5.57 Å². The van der Waals surface area contributed by atoms with E-state index in [9.17, 15) is 4.79 Å². The molecule has 0 radical (unpaired) electrons. The number of allylic oxidation sites excluding steroid dienone is 1. The van der Waals surface area contributed by atoms with E-state index in [1.54, 1.807) is 4.68 Å². The van der Waals surface area contributed by atoms with Gasteiger partial charge in [0.1, 0.15) is 24.7 Å². The van der Waals surface area contributed by atoms with E-state index >= 15 is 0 Å². The van der Waals surface area contributed by atoms with Gasteiger partial charge in [-0.15, -0.1) is 0 Å². The molecule has 2 heterocycles. The Balaban J connectivity index is 1.42. The minimum atomic E-state index is -0.430. The zero-order valence-corrected chi connectivity index (χ0v) is 20.9. The monoisotopic (exact) mass is 479 g/mol. The highest BCUT2D eigenvalue weighted by Crippen LogP contribution is 2.36. The molecule has 7 nitrogen and oxygen atoms in total. The van der Waals surface area contributed by atoms with Gasteiger partial charge < -0.3 is 15.4 Å². The molecule has 182 valence electrons. The summed E-state index contributed by atoms with van der Waals surface area (Å²) in [7, 11) is 0.